The number of rotatable bonds is 5. The number of hydrogen-bond acceptors (Lipinski definition) is 3. The monoisotopic (exact) mass is 320 g/mol. The fraction of sp³-hybridized carbons (Fsp3) is 0.267. The van der Waals surface area contributed by atoms with E-state index in [9.17, 15) is 0 Å². The molecule has 0 aliphatic rings. The van der Waals surface area contributed by atoms with Gasteiger partial charge in [-0.1, -0.05) is 6.07 Å². The molecule has 0 atom stereocenters. The minimum absolute atomic E-state index is 0.0648. The summed E-state index contributed by atoms with van der Waals surface area (Å²) in [6.07, 6.45) is 3.63. The SMILES string of the molecule is CCN(Cc1ccncc1)c1ccc(CO)cc1Br. The summed E-state index contributed by atoms with van der Waals surface area (Å²) >= 11 is 3.58. The fourth-order valence-corrected chi connectivity index (χ4v) is 2.66. The van der Waals surface area contributed by atoms with Gasteiger partial charge in [0, 0.05) is 30.0 Å². The average molecular weight is 321 g/mol. The summed E-state index contributed by atoms with van der Waals surface area (Å²) in [6.45, 7) is 3.96. The van der Waals surface area contributed by atoms with Gasteiger partial charge in [-0.25, -0.2) is 0 Å². The van der Waals surface area contributed by atoms with Crippen LogP contribution in [-0.2, 0) is 13.2 Å². The Kier molecular flexibility index (Phi) is 4.93. The van der Waals surface area contributed by atoms with Gasteiger partial charge >= 0.3 is 0 Å². The maximum absolute atomic E-state index is 9.14. The van der Waals surface area contributed by atoms with Crippen LogP contribution in [0.2, 0.25) is 0 Å². The number of anilines is 1. The smallest absolute Gasteiger partial charge is 0.0682 e. The second kappa shape index (κ2) is 6.68. The van der Waals surface area contributed by atoms with Crippen LogP contribution >= 0.6 is 15.9 Å². The second-order valence-electron chi connectivity index (χ2n) is 4.31. The van der Waals surface area contributed by atoms with Crippen molar-refractivity contribution in [2.75, 3.05) is 11.4 Å². The van der Waals surface area contributed by atoms with Crippen LogP contribution < -0.4 is 4.90 Å². The van der Waals surface area contributed by atoms with Gasteiger partial charge < -0.3 is 10.0 Å². The molecule has 3 nitrogen and oxygen atoms in total. The molecule has 1 aromatic carbocycles. The minimum atomic E-state index is 0.0648. The molecule has 1 aromatic heterocycles. The average Bonchev–Trinajstić information content (AvgIpc) is 2.46. The zero-order chi connectivity index (χ0) is 13.7. The maximum Gasteiger partial charge on any atom is 0.0682 e. The number of pyridine rings is 1. The van der Waals surface area contributed by atoms with E-state index in [-0.39, 0.29) is 6.61 Å². The molecule has 0 unspecified atom stereocenters. The molecule has 0 aliphatic carbocycles. The van der Waals surface area contributed by atoms with E-state index in [0.717, 1.165) is 28.8 Å². The van der Waals surface area contributed by atoms with Crippen molar-refractivity contribution in [3.8, 4) is 0 Å². The summed E-state index contributed by atoms with van der Waals surface area (Å²) in [5.74, 6) is 0. The first-order valence-corrected chi connectivity index (χ1v) is 7.07. The molecule has 0 saturated carbocycles. The molecule has 4 heteroatoms. The van der Waals surface area contributed by atoms with Gasteiger partial charge in [0.25, 0.3) is 0 Å². The highest BCUT2D eigenvalue weighted by Gasteiger charge is 2.09. The van der Waals surface area contributed by atoms with E-state index in [1.165, 1.54) is 5.56 Å². The second-order valence-corrected chi connectivity index (χ2v) is 5.17. The Balaban J connectivity index is 2.22. The van der Waals surface area contributed by atoms with E-state index < -0.39 is 0 Å². The Morgan fingerprint density at radius 3 is 2.47 bits per heavy atom. The zero-order valence-electron chi connectivity index (χ0n) is 10.9. The van der Waals surface area contributed by atoms with Crippen molar-refractivity contribution < 1.29 is 5.11 Å². The van der Waals surface area contributed by atoms with Crippen molar-refractivity contribution in [1.82, 2.24) is 4.98 Å². The first-order chi connectivity index (χ1) is 9.24. The predicted octanol–water partition coefficient (Wildman–Crippen LogP) is 3.36. The Morgan fingerprint density at radius 1 is 1.16 bits per heavy atom. The fourth-order valence-electron chi connectivity index (χ4n) is 1.98. The third kappa shape index (κ3) is 3.55. The molecule has 1 heterocycles. The number of nitrogens with zero attached hydrogens (tertiary/aromatic N) is 2. The van der Waals surface area contributed by atoms with E-state index in [1.807, 2.05) is 42.7 Å². The van der Waals surface area contributed by atoms with Crippen LogP contribution in [0.3, 0.4) is 0 Å². The number of aliphatic hydroxyl groups excluding tert-OH is 1. The van der Waals surface area contributed by atoms with Gasteiger partial charge in [0.15, 0.2) is 0 Å². The molecule has 0 radical (unpaired) electrons. The quantitative estimate of drug-likeness (QED) is 0.917. The standard InChI is InChI=1S/C15H17BrN2O/c1-2-18(10-12-5-7-17-8-6-12)15-4-3-13(11-19)9-14(15)16/h3-9,19H,2,10-11H2,1H3. The van der Waals surface area contributed by atoms with Crippen molar-refractivity contribution in [3.05, 3.63) is 58.3 Å². The van der Waals surface area contributed by atoms with Gasteiger partial charge in [-0.05, 0) is 58.2 Å². The van der Waals surface area contributed by atoms with Crippen molar-refractivity contribution in [2.24, 2.45) is 0 Å². The maximum atomic E-state index is 9.14. The summed E-state index contributed by atoms with van der Waals surface area (Å²) in [5, 5.41) is 9.14. The summed E-state index contributed by atoms with van der Waals surface area (Å²) < 4.78 is 1.01. The molecule has 0 amide bonds. The molecule has 19 heavy (non-hydrogen) atoms. The molecule has 2 rings (SSSR count). The highest BCUT2D eigenvalue weighted by molar-refractivity contribution is 9.10. The topological polar surface area (TPSA) is 36.4 Å². The molecule has 1 N–H and O–H groups in total. The minimum Gasteiger partial charge on any atom is -0.392 e. The van der Waals surface area contributed by atoms with E-state index in [1.54, 1.807) is 0 Å². The number of hydrogen-bond donors (Lipinski definition) is 1. The van der Waals surface area contributed by atoms with Gasteiger partial charge in [-0.2, -0.15) is 0 Å². The number of halogens is 1. The first kappa shape index (κ1) is 14.0. The van der Waals surface area contributed by atoms with Gasteiger partial charge in [0.1, 0.15) is 0 Å². The molecule has 0 fully saturated rings. The molecule has 0 spiro atoms. The van der Waals surface area contributed by atoms with Crippen LogP contribution in [-0.4, -0.2) is 16.6 Å². The van der Waals surface area contributed by atoms with Crippen LogP contribution in [0, 0.1) is 0 Å². The zero-order valence-corrected chi connectivity index (χ0v) is 12.5. The predicted molar refractivity (Wildman–Crippen MR) is 81.0 cm³/mol. The van der Waals surface area contributed by atoms with Crippen LogP contribution in [0.25, 0.3) is 0 Å². The molecular formula is C15H17BrN2O. The molecule has 100 valence electrons. The number of benzene rings is 1. The van der Waals surface area contributed by atoms with Gasteiger partial charge in [0.2, 0.25) is 0 Å². The Labute approximate surface area is 122 Å². The third-order valence-electron chi connectivity index (χ3n) is 3.04. The van der Waals surface area contributed by atoms with Crippen molar-refractivity contribution >= 4 is 21.6 Å². The first-order valence-electron chi connectivity index (χ1n) is 6.27. The van der Waals surface area contributed by atoms with Crippen LogP contribution in [0.4, 0.5) is 5.69 Å². The van der Waals surface area contributed by atoms with Gasteiger partial charge in [-0.15, -0.1) is 0 Å². The molecule has 0 bridgehead atoms. The Morgan fingerprint density at radius 2 is 1.89 bits per heavy atom. The molecular weight excluding hydrogens is 304 g/mol. The van der Waals surface area contributed by atoms with Crippen LogP contribution in [0.15, 0.2) is 47.2 Å². The Bertz CT molecular complexity index is 531. The van der Waals surface area contributed by atoms with Crippen molar-refractivity contribution in [1.29, 1.82) is 0 Å². The molecule has 0 aliphatic heterocycles. The molecule has 2 aromatic rings. The van der Waals surface area contributed by atoms with Gasteiger partial charge in [0.05, 0.1) is 12.3 Å². The van der Waals surface area contributed by atoms with Crippen molar-refractivity contribution in [2.45, 2.75) is 20.1 Å². The number of aliphatic hydroxyl groups is 1. The van der Waals surface area contributed by atoms with E-state index in [2.05, 4.69) is 32.7 Å². The summed E-state index contributed by atoms with van der Waals surface area (Å²) in [4.78, 5) is 6.31. The lowest BCUT2D eigenvalue weighted by atomic mass is 10.2. The van der Waals surface area contributed by atoms with E-state index in [0.29, 0.717) is 0 Å². The lowest BCUT2D eigenvalue weighted by Crippen LogP contribution is -2.22. The largest absolute Gasteiger partial charge is 0.392 e. The Hall–Kier alpha value is -1.39. The summed E-state index contributed by atoms with van der Waals surface area (Å²) in [5.41, 5.74) is 3.28. The highest BCUT2D eigenvalue weighted by atomic mass is 79.9. The van der Waals surface area contributed by atoms with Crippen LogP contribution in [0.5, 0.6) is 0 Å². The van der Waals surface area contributed by atoms with E-state index in [4.69, 9.17) is 5.11 Å². The highest BCUT2D eigenvalue weighted by Crippen LogP contribution is 2.28. The lowest BCUT2D eigenvalue weighted by Gasteiger charge is -2.24. The third-order valence-corrected chi connectivity index (χ3v) is 3.68. The number of aromatic nitrogens is 1. The van der Waals surface area contributed by atoms with Crippen LogP contribution in [0.1, 0.15) is 18.1 Å². The van der Waals surface area contributed by atoms with Crippen molar-refractivity contribution in [3.63, 3.8) is 0 Å². The summed E-state index contributed by atoms with van der Waals surface area (Å²) in [6, 6.07) is 10.0. The summed E-state index contributed by atoms with van der Waals surface area (Å²) in [7, 11) is 0. The normalized spacial score (nSPS) is 10.5. The molecule has 0 saturated heterocycles. The van der Waals surface area contributed by atoms with Gasteiger partial charge in [-0.3, -0.25) is 4.98 Å². The lowest BCUT2D eigenvalue weighted by molar-refractivity contribution is 0.282. The van der Waals surface area contributed by atoms with E-state index >= 15 is 0 Å².